The van der Waals surface area contributed by atoms with Crippen molar-refractivity contribution in [2.24, 2.45) is 0 Å². The Kier molecular flexibility index (Phi) is 6.98. The molecule has 0 radical (unpaired) electrons. The summed E-state index contributed by atoms with van der Waals surface area (Å²) in [6, 6.07) is 9.95. The number of aromatic nitrogens is 2. The first-order chi connectivity index (χ1) is 14.7. The molecule has 11 heteroatoms. The van der Waals surface area contributed by atoms with Crippen molar-refractivity contribution in [2.75, 3.05) is 19.4 Å². The molecule has 3 rings (SSSR count). The Bertz CT molecular complexity index is 1290. The third kappa shape index (κ3) is 5.63. The van der Waals surface area contributed by atoms with E-state index in [4.69, 9.17) is 4.74 Å². The molecule has 0 saturated carbocycles. The van der Waals surface area contributed by atoms with Gasteiger partial charge >= 0.3 is 5.97 Å². The van der Waals surface area contributed by atoms with Gasteiger partial charge in [0, 0.05) is 23.4 Å². The van der Waals surface area contributed by atoms with Gasteiger partial charge in [0.05, 0.1) is 16.5 Å². The second-order valence-corrected chi connectivity index (χ2v) is 9.70. The molecule has 0 fully saturated rings. The number of thiophene rings is 1. The summed E-state index contributed by atoms with van der Waals surface area (Å²) < 4.78 is 31.0. The van der Waals surface area contributed by atoms with E-state index in [-0.39, 0.29) is 30.1 Å². The lowest BCUT2D eigenvalue weighted by Crippen LogP contribution is -2.26. The molecule has 0 amide bonds. The molecule has 2 heterocycles. The first kappa shape index (κ1) is 22.8. The smallest absolute Gasteiger partial charge is 0.359 e. The fourth-order valence-corrected chi connectivity index (χ4v) is 4.30. The van der Waals surface area contributed by atoms with Crippen molar-refractivity contribution >= 4 is 43.9 Å². The number of esters is 1. The van der Waals surface area contributed by atoms with E-state index >= 15 is 0 Å². The van der Waals surface area contributed by atoms with E-state index in [1.165, 1.54) is 16.0 Å². The first-order valence-corrected chi connectivity index (χ1v) is 12.1. The molecule has 1 N–H and O–H groups in total. The second kappa shape index (κ2) is 9.50. The second-order valence-electron chi connectivity index (χ2n) is 6.70. The highest BCUT2D eigenvalue weighted by atomic mass is 32.2. The fraction of sp³-hybridized carbons (Fsp3) is 0.300. The molecule has 0 spiro atoms. The summed E-state index contributed by atoms with van der Waals surface area (Å²) in [5.41, 5.74) is -0.328. The van der Waals surface area contributed by atoms with E-state index in [2.05, 4.69) is 9.82 Å². The Morgan fingerprint density at radius 2 is 1.87 bits per heavy atom. The van der Waals surface area contributed by atoms with Crippen molar-refractivity contribution in [3.63, 3.8) is 0 Å². The lowest BCUT2D eigenvalue weighted by molar-refractivity contribution is 0.0469. The lowest BCUT2D eigenvalue weighted by atomic mass is 10.1. The average molecular weight is 464 g/mol. The quantitative estimate of drug-likeness (QED) is 0.378. The van der Waals surface area contributed by atoms with Crippen molar-refractivity contribution in [3.05, 3.63) is 62.2 Å². The average Bonchev–Trinajstić information content (AvgIpc) is 3.20. The Labute approximate surface area is 182 Å². The van der Waals surface area contributed by atoms with E-state index in [1.807, 2.05) is 0 Å². The largest absolute Gasteiger partial charge is 0.452 e. The van der Waals surface area contributed by atoms with Crippen LogP contribution in [0.25, 0.3) is 10.8 Å². The minimum atomic E-state index is -3.27. The third-order valence-electron chi connectivity index (χ3n) is 4.37. The van der Waals surface area contributed by atoms with Crippen LogP contribution in [0.2, 0.25) is 0 Å². The van der Waals surface area contributed by atoms with Gasteiger partial charge in [0.15, 0.2) is 12.3 Å². The molecule has 0 aliphatic carbocycles. The van der Waals surface area contributed by atoms with Gasteiger partial charge in [-0.15, -0.1) is 11.3 Å². The number of nitrogens with one attached hydrogen (secondary N) is 1. The van der Waals surface area contributed by atoms with Gasteiger partial charge in [0.1, 0.15) is 0 Å². The summed E-state index contributed by atoms with van der Waals surface area (Å²) in [6.07, 6.45) is 1.52. The number of carbonyl (C=O) groups is 2. The van der Waals surface area contributed by atoms with Gasteiger partial charge in [0.2, 0.25) is 15.8 Å². The molecule has 2 aromatic heterocycles. The van der Waals surface area contributed by atoms with Gasteiger partial charge in [-0.3, -0.25) is 9.59 Å². The lowest BCUT2D eigenvalue weighted by Gasteiger charge is -2.09. The van der Waals surface area contributed by atoms with Crippen LogP contribution in [0.15, 0.2) is 41.2 Å². The molecule has 0 bridgehead atoms. The Morgan fingerprint density at radius 3 is 2.55 bits per heavy atom. The highest BCUT2D eigenvalue weighted by Gasteiger charge is 2.19. The molecular formula is C20H21N3O6S2. The zero-order valence-electron chi connectivity index (χ0n) is 17.0. The minimum absolute atomic E-state index is 0.0245. The van der Waals surface area contributed by atoms with Gasteiger partial charge in [0.25, 0.3) is 5.56 Å². The predicted octanol–water partition coefficient (Wildman–Crippen LogP) is 1.61. The SMILES string of the molecule is CCn1nc(C(=O)OCC(=O)c2ccc(CCNS(C)(=O)=O)s2)c2ccccc2c1=O. The minimum Gasteiger partial charge on any atom is -0.452 e. The maximum atomic E-state index is 12.6. The number of ketones is 1. The van der Waals surface area contributed by atoms with Crippen LogP contribution >= 0.6 is 11.3 Å². The highest BCUT2D eigenvalue weighted by Crippen LogP contribution is 2.18. The summed E-state index contributed by atoms with van der Waals surface area (Å²) in [6.45, 7) is 1.78. The van der Waals surface area contributed by atoms with Crippen molar-refractivity contribution in [3.8, 4) is 0 Å². The maximum absolute atomic E-state index is 12.6. The molecule has 0 unspecified atom stereocenters. The van der Waals surface area contributed by atoms with Crippen LogP contribution in [0, 0.1) is 0 Å². The third-order valence-corrected chi connectivity index (χ3v) is 6.28. The van der Waals surface area contributed by atoms with Crippen LogP contribution in [-0.2, 0) is 27.7 Å². The zero-order valence-corrected chi connectivity index (χ0v) is 18.6. The molecule has 9 nitrogen and oxygen atoms in total. The van der Waals surface area contributed by atoms with Crippen molar-refractivity contribution in [1.82, 2.24) is 14.5 Å². The van der Waals surface area contributed by atoms with Gasteiger partial charge < -0.3 is 4.74 Å². The molecule has 31 heavy (non-hydrogen) atoms. The summed E-state index contributed by atoms with van der Waals surface area (Å²) in [5.74, 6) is -1.17. The molecular weight excluding hydrogens is 442 g/mol. The van der Waals surface area contributed by atoms with Crippen molar-refractivity contribution < 1.29 is 22.7 Å². The Morgan fingerprint density at radius 1 is 1.16 bits per heavy atom. The van der Waals surface area contributed by atoms with Gasteiger partial charge in [-0.25, -0.2) is 22.6 Å². The number of fused-ring (bicyclic) bond motifs is 1. The van der Waals surface area contributed by atoms with Gasteiger partial charge in [-0.1, -0.05) is 18.2 Å². The summed E-state index contributed by atoms with van der Waals surface area (Å²) in [7, 11) is -3.27. The van der Waals surface area contributed by atoms with Crippen LogP contribution in [0.3, 0.4) is 0 Å². The van der Waals surface area contributed by atoms with Crippen LogP contribution < -0.4 is 10.3 Å². The van der Waals surface area contributed by atoms with Crippen LogP contribution in [0.5, 0.6) is 0 Å². The molecule has 0 aliphatic heterocycles. The van der Waals surface area contributed by atoms with Crippen LogP contribution in [0.1, 0.15) is 32.0 Å². The number of carbonyl (C=O) groups excluding carboxylic acids is 2. The standard InChI is InChI=1S/C20H21N3O6S2/c1-3-23-19(25)15-7-5-4-6-14(15)18(22-23)20(26)29-12-16(24)17-9-8-13(30-17)10-11-21-31(2,27)28/h4-9,21H,3,10-12H2,1-2H3. The summed E-state index contributed by atoms with van der Waals surface area (Å²) >= 11 is 1.21. The number of benzene rings is 1. The molecule has 0 aliphatic rings. The van der Waals surface area contributed by atoms with Gasteiger partial charge in [-0.05, 0) is 31.5 Å². The summed E-state index contributed by atoms with van der Waals surface area (Å²) in [4.78, 5) is 38.6. The fourth-order valence-electron chi connectivity index (χ4n) is 2.89. The molecule has 0 atom stereocenters. The Balaban J connectivity index is 1.68. The number of rotatable bonds is 9. The number of sulfonamides is 1. The zero-order chi connectivity index (χ0) is 22.6. The van der Waals surface area contributed by atoms with E-state index in [0.717, 1.165) is 11.1 Å². The monoisotopic (exact) mass is 463 g/mol. The normalized spacial score (nSPS) is 11.5. The van der Waals surface area contributed by atoms with Gasteiger partial charge in [-0.2, -0.15) is 5.10 Å². The summed E-state index contributed by atoms with van der Waals surface area (Å²) in [5, 5.41) is 4.81. The van der Waals surface area contributed by atoms with Crippen molar-refractivity contribution in [1.29, 1.82) is 0 Å². The topological polar surface area (TPSA) is 124 Å². The van der Waals surface area contributed by atoms with Crippen LogP contribution in [0.4, 0.5) is 0 Å². The Hall–Kier alpha value is -2.89. The molecule has 3 aromatic rings. The number of hydrogen-bond donors (Lipinski definition) is 1. The van der Waals surface area contributed by atoms with E-state index in [0.29, 0.717) is 22.1 Å². The number of ether oxygens (including phenoxy) is 1. The number of Topliss-reactive ketones (excluding diaryl/α,β-unsaturated/α-hetero) is 1. The molecule has 1 aromatic carbocycles. The van der Waals surface area contributed by atoms with Crippen molar-refractivity contribution in [2.45, 2.75) is 19.9 Å². The van der Waals surface area contributed by atoms with Crippen LogP contribution in [-0.4, -0.2) is 49.4 Å². The molecule has 0 saturated heterocycles. The predicted molar refractivity (Wildman–Crippen MR) is 117 cm³/mol. The number of hydrogen-bond acceptors (Lipinski definition) is 8. The maximum Gasteiger partial charge on any atom is 0.359 e. The van der Waals surface area contributed by atoms with E-state index in [9.17, 15) is 22.8 Å². The number of nitrogens with zero attached hydrogens (tertiary/aromatic N) is 2. The first-order valence-electron chi connectivity index (χ1n) is 9.43. The number of aryl methyl sites for hydroxylation is 1. The van der Waals surface area contributed by atoms with E-state index < -0.39 is 22.6 Å². The molecule has 164 valence electrons. The highest BCUT2D eigenvalue weighted by molar-refractivity contribution is 7.88. The van der Waals surface area contributed by atoms with E-state index in [1.54, 1.807) is 43.3 Å².